The number of rotatable bonds is 4. The third-order valence-electron chi connectivity index (χ3n) is 3.20. The van der Waals surface area contributed by atoms with Crippen molar-refractivity contribution in [2.45, 2.75) is 6.61 Å². The first kappa shape index (κ1) is 15.4. The van der Waals surface area contributed by atoms with Gasteiger partial charge in [-0.15, -0.1) is 0 Å². The molecule has 0 saturated heterocycles. The summed E-state index contributed by atoms with van der Waals surface area (Å²) in [7, 11) is 0. The van der Waals surface area contributed by atoms with Gasteiger partial charge in [-0.1, -0.05) is 30.3 Å². The number of aromatic amines is 1. The van der Waals surface area contributed by atoms with Crippen LogP contribution >= 0.6 is 0 Å². The van der Waals surface area contributed by atoms with E-state index in [4.69, 9.17) is 4.74 Å². The Bertz CT molecular complexity index is 879. The summed E-state index contributed by atoms with van der Waals surface area (Å²) >= 11 is 0. The summed E-state index contributed by atoms with van der Waals surface area (Å²) in [5.41, 5.74) is 1.15. The Balaban J connectivity index is 1.65. The van der Waals surface area contributed by atoms with E-state index in [2.05, 4.69) is 20.3 Å². The van der Waals surface area contributed by atoms with Crippen molar-refractivity contribution >= 4 is 11.8 Å². The molecule has 0 saturated carbocycles. The zero-order valence-electron chi connectivity index (χ0n) is 12.6. The van der Waals surface area contributed by atoms with Crippen molar-refractivity contribution in [3.63, 3.8) is 0 Å². The summed E-state index contributed by atoms with van der Waals surface area (Å²) in [6.45, 7) is 0.0851. The molecular weight excluding hydrogens is 308 g/mol. The van der Waals surface area contributed by atoms with E-state index < -0.39 is 11.7 Å². The molecule has 1 amide bonds. The van der Waals surface area contributed by atoms with E-state index in [1.807, 2.05) is 30.3 Å². The first-order valence-corrected chi connectivity index (χ1v) is 7.20. The number of H-pyrrole nitrogens is 1. The van der Waals surface area contributed by atoms with Crippen molar-refractivity contribution in [2.75, 3.05) is 5.32 Å². The van der Waals surface area contributed by atoms with Gasteiger partial charge in [-0.25, -0.2) is 9.78 Å². The van der Waals surface area contributed by atoms with Crippen LogP contribution in [0, 0.1) is 0 Å². The number of hydrogen-bond donors (Lipinski definition) is 2. The van der Waals surface area contributed by atoms with Crippen LogP contribution in [0.2, 0.25) is 0 Å². The van der Waals surface area contributed by atoms with E-state index in [-0.39, 0.29) is 12.3 Å². The van der Waals surface area contributed by atoms with Gasteiger partial charge in [0.05, 0.1) is 6.20 Å². The molecule has 0 spiro atoms. The van der Waals surface area contributed by atoms with Crippen molar-refractivity contribution in [1.29, 1.82) is 0 Å². The number of pyridine rings is 1. The predicted molar refractivity (Wildman–Crippen MR) is 88.3 cm³/mol. The second-order valence-corrected chi connectivity index (χ2v) is 4.90. The van der Waals surface area contributed by atoms with Crippen molar-refractivity contribution in [1.82, 2.24) is 15.0 Å². The fraction of sp³-hybridized carbons (Fsp3) is 0.0588. The zero-order chi connectivity index (χ0) is 16.8. The van der Waals surface area contributed by atoms with Crippen molar-refractivity contribution in [3.8, 4) is 11.4 Å². The van der Waals surface area contributed by atoms with E-state index in [1.54, 1.807) is 24.5 Å². The minimum absolute atomic E-state index is 0.0226. The zero-order valence-corrected chi connectivity index (χ0v) is 12.6. The summed E-state index contributed by atoms with van der Waals surface area (Å²) in [6, 6.07) is 12.7. The molecule has 2 heterocycles. The number of ether oxygens (including phenoxy) is 1. The first-order chi connectivity index (χ1) is 11.7. The topological polar surface area (TPSA) is 97.0 Å². The molecule has 2 N–H and O–H groups in total. The van der Waals surface area contributed by atoms with Crippen LogP contribution in [0.25, 0.3) is 11.4 Å². The minimum atomic E-state index is -0.730. The van der Waals surface area contributed by atoms with Gasteiger partial charge in [0.2, 0.25) is 0 Å². The molecule has 0 radical (unpaired) electrons. The van der Waals surface area contributed by atoms with Gasteiger partial charge in [-0.05, 0) is 17.7 Å². The monoisotopic (exact) mass is 322 g/mol. The van der Waals surface area contributed by atoms with E-state index in [0.717, 1.165) is 11.1 Å². The maximum atomic E-state index is 12.0. The van der Waals surface area contributed by atoms with Crippen LogP contribution in [-0.2, 0) is 11.3 Å². The van der Waals surface area contributed by atoms with E-state index in [9.17, 15) is 9.59 Å². The predicted octanol–water partition coefficient (Wildman–Crippen LogP) is 2.58. The van der Waals surface area contributed by atoms with Crippen LogP contribution in [0.5, 0.6) is 0 Å². The smallest absolute Gasteiger partial charge is 0.412 e. The van der Waals surface area contributed by atoms with E-state index >= 15 is 0 Å². The summed E-state index contributed by atoms with van der Waals surface area (Å²) in [6.07, 6.45) is 3.78. The van der Waals surface area contributed by atoms with E-state index in [1.165, 1.54) is 6.20 Å². The molecule has 7 heteroatoms. The molecule has 0 unspecified atom stereocenters. The van der Waals surface area contributed by atoms with Gasteiger partial charge in [-0.2, -0.15) is 0 Å². The van der Waals surface area contributed by atoms with Gasteiger partial charge in [0.15, 0.2) is 0 Å². The lowest BCUT2D eigenvalue weighted by atomic mass is 10.2. The van der Waals surface area contributed by atoms with Gasteiger partial charge in [0.25, 0.3) is 5.56 Å². The Morgan fingerprint density at radius 3 is 2.58 bits per heavy atom. The van der Waals surface area contributed by atoms with Crippen molar-refractivity contribution in [3.05, 3.63) is 77.0 Å². The molecule has 0 aliphatic heterocycles. The molecule has 2 aromatic heterocycles. The van der Waals surface area contributed by atoms with Crippen LogP contribution in [0.1, 0.15) is 5.56 Å². The molecule has 24 heavy (non-hydrogen) atoms. The molecule has 0 aliphatic carbocycles. The molecule has 120 valence electrons. The summed E-state index contributed by atoms with van der Waals surface area (Å²) in [4.78, 5) is 34.5. The number of hydrogen-bond acceptors (Lipinski definition) is 5. The highest BCUT2D eigenvalue weighted by Gasteiger charge is 2.09. The summed E-state index contributed by atoms with van der Waals surface area (Å²) in [5, 5.41) is 2.38. The lowest BCUT2D eigenvalue weighted by Crippen LogP contribution is -2.21. The van der Waals surface area contributed by atoms with Crippen molar-refractivity contribution in [2.24, 2.45) is 0 Å². The SMILES string of the molecule is O=C(Nc1cnc(-c2ccccc2)[nH]c1=O)OCc1ccncc1. The second-order valence-electron chi connectivity index (χ2n) is 4.90. The maximum absolute atomic E-state index is 12.0. The highest BCUT2D eigenvalue weighted by molar-refractivity contribution is 5.84. The Labute approximate surface area is 137 Å². The fourth-order valence-corrected chi connectivity index (χ4v) is 2.00. The van der Waals surface area contributed by atoms with Crippen molar-refractivity contribution < 1.29 is 9.53 Å². The highest BCUT2D eigenvalue weighted by atomic mass is 16.5. The largest absolute Gasteiger partial charge is 0.444 e. The Morgan fingerprint density at radius 2 is 1.88 bits per heavy atom. The number of nitrogens with zero attached hydrogens (tertiary/aromatic N) is 2. The van der Waals surface area contributed by atoms with Gasteiger partial charge < -0.3 is 9.72 Å². The maximum Gasteiger partial charge on any atom is 0.412 e. The lowest BCUT2D eigenvalue weighted by molar-refractivity contribution is 0.155. The fourth-order valence-electron chi connectivity index (χ4n) is 2.00. The third kappa shape index (κ3) is 3.83. The molecule has 1 aromatic carbocycles. The summed E-state index contributed by atoms with van der Waals surface area (Å²) in [5.74, 6) is 0.427. The van der Waals surface area contributed by atoms with Crippen LogP contribution in [0.4, 0.5) is 10.5 Å². The number of aromatic nitrogens is 3. The quantitative estimate of drug-likeness (QED) is 0.769. The lowest BCUT2D eigenvalue weighted by Gasteiger charge is -2.07. The van der Waals surface area contributed by atoms with Crippen LogP contribution in [-0.4, -0.2) is 21.0 Å². The molecular formula is C17H14N4O3. The number of anilines is 1. The van der Waals surface area contributed by atoms with Gasteiger partial charge >= 0.3 is 6.09 Å². The number of amides is 1. The Morgan fingerprint density at radius 1 is 1.12 bits per heavy atom. The second kappa shape index (κ2) is 7.19. The first-order valence-electron chi connectivity index (χ1n) is 7.20. The number of benzene rings is 1. The van der Waals surface area contributed by atoms with E-state index in [0.29, 0.717) is 5.82 Å². The van der Waals surface area contributed by atoms with Gasteiger partial charge in [0, 0.05) is 18.0 Å². The van der Waals surface area contributed by atoms with Gasteiger partial charge in [-0.3, -0.25) is 15.1 Å². The minimum Gasteiger partial charge on any atom is -0.444 e. The number of nitrogens with one attached hydrogen (secondary N) is 2. The van der Waals surface area contributed by atoms with Crippen LogP contribution < -0.4 is 10.9 Å². The summed E-state index contributed by atoms with van der Waals surface area (Å²) < 4.78 is 5.04. The van der Waals surface area contributed by atoms with Crippen LogP contribution in [0.3, 0.4) is 0 Å². The third-order valence-corrected chi connectivity index (χ3v) is 3.20. The Hall–Kier alpha value is -3.48. The molecule has 3 aromatic rings. The highest BCUT2D eigenvalue weighted by Crippen LogP contribution is 2.12. The molecule has 0 aliphatic rings. The standard InChI is InChI=1S/C17H14N4O3/c22-16-14(10-19-15(21-16)13-4-2-1-3-5-13)20-17(23)24-11-12-6-8-18-9-7-12/h1-10H,11H2,(H,20,23)(H,19,21,22). The molecule has 7 nitrogen and oxygen atoms in total. The molecule has 3 rings (SSSR count). The normalized spacial score (nSPS) is 10.2. The Kier molecular flexibility index (Phi) is 4.62. The molecule has 0 bridgehead atoms. The average Bonchev–Trinajstić information content (AvgIpc) is 2.63. The molecule has 0 fully saturated rings. The number of carbonyl (C=O) groups excluding carboxylic acids is 1. The average molecular weight is 322 g/mol. The number of carbonyl (C=O) groups is 1. The molecule has 0 atom stereocenters. The van der Waals surface area contributed by atoms with Crippen LogP contribution in [0.15, 0.2) is 65.8 Å². The van der Waals surface area contributed by atoms with Gasteiger partial charge in [0.1, 0.15) is 18.1 Å².